The van der Waals surface area contributed by atoms with Crippen LogP contribution in [0, 0.1) is 5.82 Å². The van der Waals surface area contributed by atoms with E-state index in [0.29, 0.717) is 5.88 Å². The molecule has 14 heavy (non-hydrogen) atoms. The fourth-order valence-electron chi connectivity index (χ4n) is 1.24. The third-order valence-electron chi connectivity index (χ3n) is 2.02. The molecule has 0 atom stereocenters. The number of nitrogens with one attached hydrogen (secondary N) is 1. The smallest absolute Gasteiger partial charge is 0.126 e. The fourth-order valence-corrected chi connectivity index (χ4v) is 1.37. The van der Waals surface area contributed by atoms with Crippen LogP contribution in [0.25, 0.3) is 0 Å². The van der Waals surface area contributed by atoms with Gasteiger partial charge in [-0.2, -0.15) is 0 Å². The molecule has 0 spiro atoms. The first-order chi connectivity index (χ1) is 6.84. The lowest BCUT2D eigenvalue weighted by Gasteiger charge is -2.04. The molecule has 0 unspecified atom stereocenters. The highest BCUT2D eigenvalue weighted by Gasteiger charge is 1.98. The lowest BCUT2D eigenvalue weighted by atomic mass is 10.1. The molecule has 1 aromatic carbocycles. The standard InChI is InChI=1S/C11H15ClFN/c12-7-3-8-14-9-6-10-4-1-2-5-11(10)13/h1-2,4-5,14H,3,6-9H2. The van der Waals surface area contributed by atoms with Crippen molar-refractivity contribution in [2.45, 2.75) is 12.8 Å². The van der Waals surface area contributed by atoms with Gasteiger partial charge < -0.3 is 5.32 Å². The summed E-state index contributed by atoms with van der Waals surface area (Å²) in [4.78, 5) is 0. The maximum Gasteiger partial charge on any atom is 0.126 e. The van der Waals surface area contributed by atoms with Crippen molar-refractivity contribution in [3.8, 4) is 0 Å². The van der Waals surface area contributed by atoms with Gasteiger partial charge in [-0.25, -0.2) is 4.39 Å². The average Bonchev–Trinajstić information content (AvgIpc) is 2.20. The molecule has 3 heteroatoms. The van der Waals surface area contributed by atoms with Gasteiger partial charge in [-0.1, -0.05) is 18.2 Å². The molecule has 0 aliphatic heterocycles. The highest BCUT2D eigenvalue weighted by atomic mass is 35.5. The molecule has 0 saturated heterocycles. The highest BCUT2D eigenvalue weighted by Crippen LogP contribution is 2.05. The molecular formula is C11H15ClFN. The number of alkyl halides is 1. The predicted octanol–water partition coefficient (Wildman–Crippen LogP) is 2.59. The lowest BCUT2D eigenvalue weighted by Crippen LogP contribution is -2.19. The van der Waals surface area contributed by atoms with Gasteiger partial charge in [-0.05, 0) is 37.6 Å². The normalized spacial score (nSPS) is 10.4. The van der Waals surface area contributed by atoms with Crippen molar-refractivity contribution in [3.63, 3.8) is 0 Å². The van der Waals surface area contributed by atoms with Crippen molar-refractivity contribution in [2.24, 2.45) is 0 Å². The molecule has 1 N–H and O–H groups in total. The number of hydrogen-bond donors (Lipinski definition) is 1. The van der Waals surface area contributed by atoms with Crippen LogP contribution in [-0.2, 0) is 6.42 Å². The Kier molecular flexibility index (Phi) is 5.57. The molecular weight excluding hydrogens is 201 g/mol. The Balaban J connectivity index is 2.21. The molecule has 1 aromatic rings. The van der Waals surface area contributed by atoms with Gasteiger partial charge in [0.25, 0.3) is 0 Å². The number of halogens is 2. The van der Waals surface area contributed by atoms with Gasteiger partial charge in [0.05, 0.1) is 0 Å². The van der Waals surface area contributed by atoms with Gasteiger partial charge in [-0.3, -0.25) is 0 Å². The molecule has 0 aliphatic carbocycles. The first kappa shape index (κ1) is 11.5. The lowest BCUT2D eigenvalue weighted by molar-refractivity contribution is 0.597. The van der Waals surface area contributed by atoms with E-state index in [2.05, 4.69) is 5.32 Å². The summed E-state index contributed by atoms with van der Waals surface area (Å²) in [5, 5.41) is 3.21. The van der Waals surface area contributed by atoms with Gasteiger partial charge in [-0.15, -0.1) is 11.6 Å². The molecule has 0 heterocycles. The Morgan fingerprint density at radius 3 is 2.71 bits per heavy atom. The average molecular weight is 216 g/mol. The highest BCUT2D eigenvalue weighted by molar-refractivity contribution is 6.17. The quantitative estimate of drug-likeness (QED) is 0.568. The van der Waals surface area contributed by atoms with Crippen molar-refractivity contribution in [1.29, 1.82) is 0 Å². The van der Waals surface area contributed by atoms with Gasteiger partial charge in [0.2, 0.25) is 0 Å². The second-order valence-corrected chi connectivity index (χ2v) is 3.51. The third-order valence-corrected chi connectivity index (χ3v) is 2.28. The van der Waals surface area contributed by atoms with Gasteiger partial charge >= 0.3 is 0 Å². The minimum Gasteiger partial charge on any atom is -0.316 e. The number of rotatable bonds is 6. The van der Waals surface area contributed by atoms with Gasteiger partial charge in [0.15, 0.2) is 0 Å². The van der Waals surface area contributed by atoms with E-state index in [-0.39, 0.29) is 5.82 Å². The van der Waals surface area contributed by atoms with Crippen molar-refractivity contribution in [3.05, 3.63) is 35.6 Å². The molecule has 0 bridgehead atoms. The number of benzene rings is 1. The SMILES string of the molecule is Fc1ccccc1CCNCCCCl. The van der Waals surface area contributed by atoms with E-state index < -0.39 is 0 Å². The van der Waals surface area contributed by atoms with Crippen LogP contribution in [-0.4, -0.2) is 19.0 Å². The van der Waals surface area contributed by atoms with Crippen molar-refractivity contribution in [2.75, 3.05) is 19.0 Å². The van der Waals surface area contributed by atoms with Crippen LogP contribution in [0.5, 0.6) is 0 Å². The zero-order valence-electron chi connectivity index (χ0n) is 8.10. The second kappa shape index (κ2) is 6.80. The topological polar surface area (TPSA) is 12.0 Å². The molecule has 0 radical (unpaired) electrons. The predicted molar refractivity (Wildman–Crippen MR) is 58.3 cm³/mol. The molecule has 0 aliphatic rings. The largest absolute Gasteiger partial charge is 0.316 e. The van der Waals surface area contributed by atoms with Crippen molar-refractivity contribution in [1.82, 2.24) is 5.32 Å². The van der Waals surface area contributed by atoms with Crippen LogP contribution in [0.3, 0.4) is 0 Å². The Labute approximate surface area is 89.3 Å². The molecule has 0 fully saturated rings. The Morgan fingerprint density at radius 2 is 2.00 bits per heavy atom. The van der Waals surface area contributed by atoms with Crippen LogP contribution < -0.4 is 5.32 Å². The molecule has 0 aromatic heterocycles. The van der Waals surface area contributed by atoms with E-state index in [1.54, 1.807) is 6.07 Å². The maximum atomic E-state index is 13.1. The van der Waals surface area contributed by atoms with E-state index in [0.717, 1.165) is 31.5 Å². The zero-order valence-corrected chi connectivity index (χ0v) is 8.86. The Morgan fingerprint density at radius 1 is 1.21 bits per heavy atom. The van der Waals surface area contributed by atoms with E-state index in [1.165, 1.54) is 6.07 Å². The summed E-state index contributed by atoms with van der Waals surface area (Å²) in [6, 6.07) is 6.88. The third kappa shape index (κ3) is 4.07. The molecule has 1 nitrogen and oxygen atoms in total. The van der Waals surface area contributed by atoms with Crippen LogP contribution in [0.2, 0.25) is 0 Å². The first-order valence-electron chi connectivity index (χ1n) is 4.84. The molecule has 78 valence electrons. The minimum absolute atomic E-state index is 0.119. The van der Waals surface area contributed by atoms with Crippen molar-refractivity contribution >= 4 is 11.6 Å². The second-order valence-electron chi connectivity index (χ2n) is 3.13. The van der Waals surface area contributed by atoms with E-state index in [4.69, 9.17) is 11.6 Å². The Bertz CT molecular complexity index is 265. The summed E-state index contributed by atoms with van der Waals surface area (Å²) in [6.45, 7) is 1.70. The van der Waals surface area contributed by atoms with Crippen LogP contribution in [0.1, 0.15) is 12.0 Å². The van der Waals surface area contributed by atoms with E-state index in [9.17, 15) is 4.39 Å². The molecule has 0 amide bonds. The van der Waals surface area contributed by atoms with E-state index >= 15 is 0 Å². The fraction of sp³-hybridized carbons (Fsp3) is 0.455. The van der Waals surface area contributed by atoms with Crippen LogP contribution in [0.4, 0.5) is 4.39 Å². The molecule has 0 saturated carbocycles. The minimum atomic E-state index is -0.119. The summed E-state index contributed by atoms with van der Waals surface area (Å²) < 4.78 is 13.1. The van der Waals surface area contributed by atoms with E-state index in [1.807, 2.05) is 12.1 Å². The molecule has 1 rings (SSSR count). The first-order valence-corrected chi connectivity index (χ1v) is 5.38. The summed E-state index contributed by atoms with van der Waals surface area (Å²) >= 11 is 5.52. The summed E-state index contributed by atoms with van der Waals surface area (Å²) in [7, 11) is 0. The van der Waals surface area contributed by atoms with Crippen LogP contribution in [0.15, 0.2) is 24.3 Å². The van der Waals surface area contributed by atoms with Gasteiger partial charge in [0.1, 0.15) is 5.82 Å². The summed E-state index contributed by atoms with van der Waals surface area (Å²) in [5.74, 6) is 0.554. The van der Waals surface area contributed by atoms with Crippen molar-refractivity contribution < 1.29 is 4.39 Å². The Hall–Kier alpha value is -0.600. The van der Waals surface area contributed by atoms with Gasteiger partial charge in [0, 0.05) is 5.88 Å². The zero-order chi connectivity index (χ0) is 10.2. The number of hydrogen-bond acceptors (Lipinski definition) is 1. The van der Waals surface area contributed by atoms with Crippen LogP contribution >= 0.6 is 11.6 Å². The maximum absolute atomic E-state index is 13.1. The monoisotopic (exact) mass is 215 g/mol. The summed E-state index contributed by atoms with van der Waals surface area (Å²) in [5.41, 5.74) is 0.769. The summed E-state index contributed by atoms with van der Waals surface area (Å²) in [6.07, 6.45) is 1.69.